The SMILES string of the molecule is CC(C)C(=O)NCC#Cc1cn(C(C)C)c2ncnc(N)c12. The van der Waals surface area contributed by atoms with E-state index in [1.807, 2.05) is 24.6 Å². The number of hydrogen-bond donors (Lipinski definition) is 2. The number of fused-ring (bicyclic) bond motifs is 1. The summed E-state index contributed by atoms with van der Waals surface area (Å²) in [6.07, 6.45) is 3.38. The zero-order valence-corrected chi connectivity index (χ0v) is 13.3. The van der Waals surface area contributed by atoms with E-state index in [0.29, 0.717) is 12.4 Å². The summed E-state index contributed by atoms with van der Waals surface area (Å²) in [4.78, 5) is 19.8. The van der Waals surface area contributed by atoms with Crippen LogP contribution in [0, 0.1) is 17.8 Å². The zero-order valence-electron chi connectivity index (χ0n) is 13.3. The Morgan fingerprint density at radius 2 is 2.09 bits per heavy atom. The predicted octanol–water partition coefficient (Wildman–Crippen LogP) is 1.72. The minimum Gasteiger partial charge on any atom is -0.383 e. The Kier molecular flexibility index (Phi) is 4.66. The molecule has 3 N–H and O–H groups in total. The van der Waals surface area contributed by atoms with Gasteiger partial charge >= 0.3 is 0 Å². The molecule has 0 saturated heterocycles. The van der Waals surface area contributed by atoms with E-state index < -0.39 is 0 Å². The van der Waals surface area contributed by atoms with Crippen molar-refractivity contribution in [1.29, 1.82) is 0 Å². The molecular weight excluding hydrogens is 278 g/mol. The fraction of sp³-hybridized carbons (Fsp3) is 0.438. The maximum absolute atomic E-state index is 11.5. The Balaban J connectivity index is 2.31. The van der Waals surface area contributed by atoms with Crippen molar-refractivity contribution in [2.24, 2.45) is 5.92 Å². The average Bonchev–Trinajstić information content (AvgIpc) is 2.83. The van der Waals surface area contributed by atoms with Gasteiger partial charge in [-0.3, -0.25) is 4.79 Å². The molecule has 2 heterocycles. The lowest BCUT2D eigenvalue weighted by Gasteiger charge is -2.07. The Morgan fingerprint density at radius 3 is 2.73 bits per heavy atom. The molecule has 0 unspecified atom stereocenters. The van der Waals surface area contributed by atoms with E-state index >= 15 is 0 Å². The number of amides is 1. The maximum Gasteiger partial charge on any atom is 0.223 e. The third-order valence-electron chi connectivity index (χ3n) is 3.29. The van der Waals surface area contributed by atoms with Crippen molar-refractivity contribution in [3.05, 3.63) is 18.1 Å². The van der Waals surface area contributed by atoms with Gasteiger partial charge in [0.2, 0.25) is 5.91 Å². The van der Waals surface area contributed by atoms with E-state index in [9.17, 15) is 4.79 Å². The lowest BCUT2D eigenvalue weighted by atomic mass is 10.2. The predicted molar refractivity (Wildman–Crippen MR) is 87.1 cm³/mol. The van der Waals surface area contributed by atoms with Crippen LogP contribution in [0.2, 0.25) is 0 Å². The van der Waals surface area contributed by atoms with Crippen molar-refractivity contribution < 1.29 is 4.79 Å². The third-order valence-corrected chi connectivity index (χ3v) is 3.29. The van der Waals surface area contributed by atoms with Gasteiger partial charge in [0, 0.05) is 18.2 Å². The standard InChI is InChI=1S/C16H21N5O/c1-10(2)16(22)18-7-5-6-12-8-21(11(3)4)15-13(12)14(17)19-9-20-15/h8-11H,7H2,1-4H3,(H,18,22)(H2,17,19,20). The van der Waals surface area contributed by atoms with Crippen LogP contribution >= 0.6 is 0 Å². The maximum atomic E-state index is 11.5. The second kappa shape index (κ2) is 6.48. The number of nitrogen functional groups attached to an aromatic ring is 1. The molecule has 0 saturated carbocycles. The van der Waals surface area contributed by atoms with Crippen LogP contribution in [0.15, 0.2) is 12.5 Å². The van der Waals surface area contributed by atoms with Crippen LogP contribution < -0.4 is 11.1 Å². The van der Waals surface area contributed by atoms with Crippen LogP contribution in [0.3, 0.4) is 0 Å². The minimum atomic E-state index is -0.0475. The first-order valence-corrected chi connectivity index (χ1v) is 7.29. The smallest absolute Gasteiger partial charge is 0.223 e. The van der Waals surface area contributed by atoms with E-state index in [-0.39, 0.29) is 17.9 Å². The first-order valence-electron chi connectivity index (χ1n) is 7.29. The number of carbonyl (C=O) groups is 1. The molecule has 0 atom stereocenters. The summed E-state index contributed by atoms with van der Waals surface area (Å²) in [6, 6.07) is 0.244. The monoisotopic (exact) mass is 299 g/mol. The van der Waals surface area contributed by atoms with Gasteiger partial charge in [0.15, 0.2) is 0 Å². The summed E-state index contributed by atoms with van der Waals surface area (Å²) < 4.78 is 2.02. The molecule has 0 radical (unpaired) electrons. The number of anilines is 1. The molecule has 6 heteroatoms. The number of hydrogen-bond acceptors (Lipinski definition) is 4. The lowest BCUT2D eigenvalue weighted by Crippen LogP contribution is -2.27. The molecule has 0 aliphatic rings. The Bertz CT molecular complexity index is 749. The molecule has 0 bridgehead atoms. The number of nitrogens with two attached hydrogens (primary N) is 1. The highest BCUT2D eigenvalue weighted by Gasteiger charge is 2.13. The molecule has 0 aliphatic heterocycles. The summed E-state index contributed by atoms with van der Waals surface area (Å²) in [7, 11) is 0. The van der Waals surface area contributed by atoms with Crippen LogP contribution in [0.5, 0.6) is 0 Å². The summed E-state index contributed by atoms with van der Waals surface area (Å²) in [5.41, 5.74) is 7.52. The molecule has 0 aromatic carbocycles. The first-order chi connectivity index (χ1) is 10.4. The van der Waals surface area contributed by atoms with Crippen LogP contribution in [-0.4, -0.2) is 27.0 Å². The molecule has 0 spiro atoms. The van der Waals surface area contributed by atoms with Gasteiger partial charge in [0.1, 0.15) is 17.8 Å². The van der Waals surface area contributed by atoms with E-state index in [4.69, 9.17) is 5.73 Å². The minimum absolute atomic E-state index is 0.0123. The van der Waals surface area contributed by atoms with Crippen molar-refractivity contribution in [2.45, 2.75) is 33.7 Å². The van der Waals surface area contributed by atoms with Crippen LogP contribution in [-0.2, 0) is 4.79 Å². The number of rotatable bonds is 3. The number of nitrogens with zero attached hydrogens (tertiary/aromatic N) is 3. The van der Waals surface area contributed by atoms with Crippen molar-refractivity contribution >= 4 is 22.8 Å². The zero-order chi connectivity index (χ0) is 16.3. The van der Waals surface area contributed by atoms with Gasteiger partial charge in [0.05, 0.1) is 17.5 Å². The Hall–Kier alpha value is -2.55. The molecule has 2 aromatic heterocycles. The van der Waals surface area contributed by atoms with Crippen molar-refractivity contribution in [2.75, 3.05) is 12.3 Å². The fourth-order valence-electron chi connectivity index (χ4n) is 2.07. The quantitative estimate of drug-likeness (QED) is 0.845. The summed E-state index contributed by atoms with van der Waals surface area (Å²) >= 11 is 0. The van der Waals surface area contributed by atoms with Gasteiger partial charge in [-0.1, -0.05) is 25.7 Å². The third kappa shape index (κ3) is 3.19. The summed E-state index contributed by atoms with van der Waals surface area (Å²) in [5.74, 6) is 6.36. The van der Waals surface area contributed by atoms with Crippen molar-refractivity contribution in [1.82, 2.24) is 19.9 Å². The molecule has 0 aliphatic carbocycles. The summed E-state index contributed by atoms with van der Waals surface area (Å²) in [6.45, 7) is 8.13. The van der Waals surface area contributed by atoms with Crippen molar-refractivity contribution in [3.8, 4) is 11.8 Å². The highest BCUT2D eigenvalue weighted by molar-refractivity contribution is 5.92. The molecule has 116 valence electrons. The van der Waals surface area contributed by atoms with Crippen LogP contribution in [0.1, 0.15) is 39.3 Å². The molecule has 2 aromatic rings. The second-order valence-corrected chi connectivity index (χ2v) is 5.68. The molecular formula is C16H21N5O. The first kappa shape index (κ1) is 15.8. The molecule has 2 rings (SSSR count). The Labute approximate surface area is 130 Å². The normalized spacial score (nSPS) is 10.8. The number of carbonyl (C=O) groups excluding carboxylic acids is 1. The highest BCUT2D eigenvalue weighted by Crippen LogP contribution is 2.25. The van der Waals surface area contributed by atoms with E-state index in [0.717, 1.165) is 16.6 Å². The molecule has 1 amide bonds. The molecule has 6 nitrogen and oxygen atoms in total. The van der Waals surface area contributed by atoms with Gasteiger partial charge in [-0.2, -0.15) is 0 Å². The van der Waals surface area contributed by atoms with Gasteiger partial charge in [0.25, 0.3) is 0 Å². The number of nitrogens with one attached hydrogen (secondary N) is 1. The van der Waals surface area contributed by atoms with E-state index in [2.05, 4.69) is 41.0 Å². The largest absolute Gasteiger partial charge is 0.383 e. The molecule has 0 fully saturated rings. The Morgan fingerprint density at radius 1 is 1.36 bits per heavy atom. The lowest BCUT2D eigenvalue weighted by molar-refractivity contribution is -0.123. The van der Waals surface area contributed by atoms with Crippen LogP contribution in [0.4, 0.5) is 5.82 Å². The fourth-order valence-corrected chi connectivity index (χ4v) is 2.07. The highest BCUT2D eigenvalue weighted by atomic mass is 16.1. The molecule has 22 heavy (non-hydrogen) atoms. The van der Waals surface area contributed by atoms with Gasteiger partial charge in [-0.05, 0) is 13.8 Å². The van der Waals surface area contributed by atoms with Gasteiger partial charge < -0.3 is 15.6 Å². The summed E-state index contributed by atoms with van der Waals surface area (Å²) in [5, 5.41) is 3.53. The van der Waals surface area contributed by atoms with E-state index in [1.165, 1.54) is 6.33 Å². The van der Waals surface area contributed by atoms with Crippen molar-refractivity contribution in [3.63, 3.8) is 0 Å². The average molecular weight is 299 g/mol. The van der Waals surface area contributed by atoms with Gasteiger partial charge in [-0.25, -0.2) is 9.97 Å². The van der Waals surface area contributed by atoms with E-state index in [1.54, 1.807) is 0 Å². The van der Waals surface area contributed by atoms with Gasteiger partial charge in [-0.15, -0.1) is 0 Å². The van der Waals surface area contributed by atoms with Crippen LogP contribution in [0.25, 0.3) is 11.0 Å². The topological polar surface area (TPSA) is 85.8 Å². The second-order valence-electron chi connectivity index (χ2n) is 5.68. The number of aromatic nitrogens is 3.